The minimum Gasteiger partial charge on any atom is -0.494 e. The number of thioether (sulfide) groups is 1. The number of carbonyl (C=O) groups excluding carboxylic acids is 2. The molecule has 5 N–H and O–H groups in total. The van der Waals surface area contributed by atoms with Gasteiger partial charge in [0, 0.05) is 31.9 Å². The number of aromatic amines is 2. The number of amides is 2. The van der Waals surface area contributed by atoms with Gasteiger partial charge in [0.25, 0.3) is 5.56 Å². The summed E-state index contributed by atoms with van der Waals surface area (Å²) in [7, 11) is 3.73. The second-order valence-corrected chi connectivity index (χ2v) is 10.00. The molecule has 1 aromatic heterocycles. The van der Waals surface area contributed by atoms with Crippen LogP contribution in [0.4, 0.5) is 15.8 Å². The lowest BCUT2D eigenvalue weighted by molar-refractivity contribution is -0.122. The van der Waals surface area contributed by atoms with E-state index in [0.717, 1.165) is 17.4 Å². The average molecular weight is 541 g/mol. The Bertz CT molecular complexity index is 1530. The van der Waals surface area contributed by atoms with E-state index in [9.17, 15) is 28.7 Å². The predicted octanol–water partition coefficient (Wildman–Crippen LogP) is 1.99. The van der Waals surface area contributed by atoms with Gasteiger partial charge in [-0.05, 0) is 42.3 Å². The van der Waals surface area contributed by atoms with Crippen molar-refractivity contribution >= 4 is 40.1 Å². The van der Waals surface area contributed by atoms with E-state index in [1.807, 2.05) is 19.0 Å². The molecular formula is C25H25FN6O5S. The van der Waals surface area contributed by atoms with Gasteiger partial charge in [0.2, 0.25) is 17.7 Å². The molecule has 0 unspecified atom stereocenters. The number of H-pyrrole nitrogens is 2. The number of aryl methyl sites for hydroxylation is 1. The number of carbonyl (C=O) groups is 2. The second kappa shape index (κ2) is 10.9. The Morgan fingerprint density at radius 1 is 1.16 bits per heavy atom. The van der Waals surface area contributed by atoms with Crippen LogP contribution >= 0.6 is 11.8 Å². The number of anilines is 2. The summed E-state index contributed by atoms with van der Waals surface area (Å²) in [5, 5.41) is 14.9. The average Bonchev–Trinajstić information content (AvgIpc) is 3.18. The van der Waals surface area contributed by atoms with Crippen molar-refractivity contribution in [3.63, 3.8) is 0 Å². The van der Waals surface area contributed by atoms with Gasteiger partial charge in [0.15, 0.2) is 5.17 Å². The molecule has 0 radical (unpaired) electrons. The van der Waals surface area contributed by atoms with E-state index in [2.05, 4.69) is 25.6 Å². The van der Waals surface area contributed by atoms with Gasteiger partial charge in [-0.15, -0.1) is 0 Å². The number of amidine groups is 1. The molecule has 38 heavy (non-hydrogen) atoms. The molecule has 198 valence electrons. The van der Waals surface area contributed by atoms with Crippen LogP contribution in [0.5, 0.6) is 5.88 Å². The SMILES string of the molecule is Cc1ccc(NC(=O)C[C@@H]2SC(=N[C@@H](c3ccc(N(C)C)cc3)c3c(O)[nH]c(=O)[nH]c3=O)NC2=O)cc1F. The summed E-state index contributed by atoms with van der Waals surface area (Å²) in [5.41, 5.74) is 0.155. The fraction of sp³-hybridized carbons (Fsp3) is 0.240. The third-order valence-corrected chi connectivity index (χ3v) is 6.90. The van der Waals surface area contributed by atoms with E-state index in [1.165, 1.54) is 12.1 Å². The van der Waals surface area contributed by atoms with Crippen molar-refractivity contribution in [2.24, 2.45) is 4.99 Å². The number of rotatable bonds is 7. The largest absolute Gasteiger partial charge is 0.494 e. The Hall–Kier alpha value is -4.39. The molecule has 1 fully saturated rings. The molecular weight excluding hydrogens is 515 g/mol. The standard InChI is InChI=1S/C25H25FN6O5S/c1-12-4-7-14(10-16(12)26)27-18(33)11-17-21(34)31-25(38-17)28-20(13-5-8-15(9-6-13)32(2)3)19-22(35)29-24(37)30-23(19)36/h4-10,17,20H,11H2,1-3H3,(H,27,33)(H,28,31,34)(H3,29,30,35,36,37)/t17-,20-/m0/s1. The highest BCUT2D eigenvalue weighted by Crippen LogP contribution is 2.32. The summed E-state index contributed by atoms with van der Waals surface area (Å²) in [6.07, 6.45) is -0.211. The van der Waals surface area contributed by atoms with Crippen LogP contribution in [0, 0.1) is 12.7 Å². The first kappa shape index (κ1) is 26.7. The number of halogens is 1. The van der Waals surface area contributed by atoms with Gasteiger partial charge in [-0.3, -0.25) is 24.4 Å². The first-order valence-electron chi connectivity index (χ1n) is 11.5. The van der Waals surface area contributed by atoms with Crippen molar-refractivity contribution in [1.82, 2.24) is 15.3 Å². The number of aromatic hydroxyl groups is 1. The smallest absolute Gasteiger partial charge is 0.328 e. The fourth-order valence-corrected chi connectivity index (χ4v) is 4.76. The predicted molar refractivity (Wildman–Crippen MR) is 143 cm³/mol. The molecule has 0 aliphatic carbocycles. The van der Waals surface area contributed by atoms with Gasteiger partial charge in [-0.2, -0.15) is 0 Å². The molecule has 3 aromatic rings. The van der Waals surface area contributed by atoms with Crippen LogP contribution < -0.4 is 26.8 Å². The molecule has 1 saturated heterocycles. The maximum atomic E-state index is 13.8. The van der Waals surface area contributed by atoms with Gasteiger partial charge < -0.3 is 20.6 Å². The summed E-state index contributed by atoms with van der Waals surface area (Å²) < 4.78 is 13.8. The van der Waals surface area contributed by atoms with Crippen LogP contribution in [0.3, 0.4) is 0 Å². The lowest BCUT2D eigenvalue weighted by Crippen LogP contribution is -2.29. The Kier molecular flexibility index (Phi) is 7.67. The van der Waals surface area contributed by atoms with Crippen LogP contribution in [0.1, 0.15) is 29.2 Å². The minimum atomic E-state index is -1.09. The Labute approximate surface area is 220 Å². The van der Waals surface area contributed by atoms with Crippen LogP contribution in [-0.4, -0.2) is 51.4 Å². The normalized spacial score (nSPS) is 16.8. The molecule has 0 spiro atoms. The maximum absolute atomic E-state index is 13.8. The third-order valence-electron chi connectivity index (χ3n) is 5.81. The molecule has 2 aromatic carbocycles. The molecule has 0 saturated carbocycles. The zero-order chi connectivity index (χ0) is 27.6. The lowest BCUT2D eigenvalue weighted by atomic mass is 10.0. The van der Waals surface area contributed by atoms with Gasteiger partial charge in [-0.25, -0.2) is 14.2 Å². The Morgan fingerprint density at radius 3 is 2.50 bits per heavy atom. The maximum Gasteiger partial charge on any atom is 0.328 e. The van der Waals surface area contributed by atoms with E-state index in [4.69, 9.17) is 0 Å². The minimum absolute atomic E-state index is 0.126. The van der Waals surface area contributed by atoms with E-state index >= 15 is 0 Å². The van der Waals surface area contributed by atoms with Crippen molar-refractivity contribution in [1.29, 1.82) is 0 Å². The summed E-state index contributed by atoms with van der Waals surface area (Å²) in [5.74, 6) is -2.08. The van der Waals surface area contributed by atoms with Crippen LogP contribution in [0.15, 0.2) is 57.0 Å². The highest BCUT2D eigenvalue weighted by molar-refractivity contribution is 8.15. The lowest BCUT2D eigenvalue weighted by Gasteiger charge is -2.17. The van der Waals surface area contributed by atoms with E-state index in [-0.39, 0.29) is 22.8 Å². The van der Waals surface area contributed by atoms with Crippen molar-refractivity contribution in [2.45, 2.75) is 24.6 Å². The Morgan fingerprint density at radius 2 is 1.87 bits per heavy atom. The van der Waals surface area contributed by atoms with Crippen LogP contribution in [0.2, 0.25) is 0 Å². The number of nitrogens with one attached hydrogen (secondary N) is 4. The van der Waals surface area contributed by atoms with Crippen molar-refractivity contribution in [3.05, 3.63) is 85.8 Å². The monoisotopic (exact) mass is 540 g/mol. The molecule has 11 nitrogen and oxygen atoms in total. The number of aromatic nitrogens is 2. The van der Waals surface area contributed by atoms with Gasteiger partial charge in [0.05, 0.1) is 0 Å². The molecule has 2 atom stereocenters. The van der Waals surface area contributed by atoms with Gasteiger partial charge >= 0.3 is 5.69 Å². The number of hydrogen-bond donors (Lipinski definition) is 5. The highest BCUT2D eigenvalue weighted by Gasteiger charge is 2.34. The van der Waals surface area contributed by atoms with E-state index < -0.39 is 46.1 Å². The first-order valence-corrected chi connectivity index (χ1v) is 12.3. The number of hydrogen-bond acceptors (Lipinski definition) is 8. The fourth-order valence-electron chi connectivity index (χ4n) is 3.77. The summed E-state index contributed by atoms with van der Waals surface area (Å²) in [6.45, 7) is 1.60. The summed E-state index contributed by atoms with van der Waals surface area (Å²) in [6, 6.07) is 10.2. The number of benzene rings is 2. The molecule has 1 aliphatic rings. The van der Waals surface area contributed by atoms with Crippen LogP contribution in [0.25, 0.3) is 0 Å². The number of nitrogens with zero attached hydrogens (tertiary/aromatic N) is 2. The second-order valence-electron chi connectivity index (χ2n) is 8.81. The Balaban J connectivity index is 1.59. The third kappa shape index (κ3) is 5.94. The molecule has 1 aliphatic heterocycles. The molecule has 4 rings (SSSR count). The quantitative estimate of drug-likeness (QED) is 0.306. The van der Waals surface area contributed by atoms with Gasteiger partial charge in [-0.1, -0.05) is 30.0 Å². The first-order chi connectivity index (χ1) is 18.0. The van der Waals surface area contributed by atoms with Crippen molar-refractivity contribution in [2.75, 3.05) is 24.3 Å². The van der Waals surface area contributed by atoms with Gasteiger partial charge in [0.1, 0.15) is 22.7 Å². The molecule has 13 heteroatoms. The molecule has 2 heterocycles. The van der Waals surface area contributed by atoms with Crippen molar-refractivity contribution < 1.29 is 19.1 Å². The molecule has 0 bridgehead atoms. The summed E-state index contributed by atoms with van der Waals surface area (Å²) in [4.78, 5) is 60.0. The zero-order valence-corrected chi connectivity index (χ0v) is 21.5. The highest BCUT2D eigenvalue weighted by atomic mass is 32.2. The zero-order valence-electron chi connectivity index (χ0n) is 20.7. The molecule has 2 amide bonds. The van der Waals surface area contributed by atoms with E-state index in [1.54, 1.807) is 37.3 Å². The number of aliphatic imine (C=N–C) groups is 1. The topological polar surface area (TPSA) is 160 Å². The van der Waals surface area contributed by atoms with E-state index in [0.29, 0.717) is 11.1 Å². The van der Waals surface area contributed by atoms with Crippen molar-refractivity contribution in [3.8, 4) is 5.88 Å². The van der Waals surface area contributed by atoms with Crippen LogP contribution in [-0.2, 0) is 9.59 Å². The summed E-state index contributed by atoms with van der Waals surface area (Å²) >= 11 is 0.984.